The zero-order valence-corrected chi connectivity index (χ0v) is 14.4. The van der Waals surface area contributed by atoms with Crippen LogP contribution in [0.2, 0.25) is 0 Å². The number of rotatable bonds is 17. The van der Waals surface area contributed by atoms with Crippen LogP contribution in [0.4, 0.5) is 0 Å². The van der Waals surface area contributed by atoms with Crippen LogP contribution in [0, 0.1) is 0 Å². The molecule has 0 radical (unpaired) electrons. The molecule has 0 atom stereocenters. The third-order valence-electron chi connectivity index (χ3n) is 3.00. The maximum atomic E-state index is 3.50. The Balaban J connectivity index is 2.89. The summed E-state index contributed by atoms with van der Waals surface area (Å²) >= 11 is 2.00. The van der Waals surface area contributed by atoms with Gasteiger partial charge in [-0.1, -0.05) is 13.8 Å². The highest BCUT2D eigenvalue weighted by atomic mass is 32.2. The Morgan fingerprint density at radius 2 is 1.05 bits per heavy atom. The number of hydrogen-bond donors (Lipinski definition) is 4. The predicted molar refractivity (Wildman–Crippen MR) is 94.0 cm³/mol. The van der Waals surface area contributed by atoms with Crippen molar-refractivity contribution in [3.8, 4) is 0 Å². The van der Waals surface area contributed by atoms with Crippen LogP contribution < -0.4 is 21.3 Å². The summed E-state index contributed by atoms with van der Waals surface area (Å²) in [5, 5.41) is 13.8. The van der Waals surface area contributed by atoms with E-state index >= 15 is 0 Å². The average Bonchev–Trinajstić information content (AvgIpc) is 2.47. The second-order valence-electron chi connectivity index (χ2n) is 4.86. The molecule has 20 heavy (non-hydrogen) atoms. The number of nitrogens with one attached hydrogen (secondary N) is 4. The van der Waals surface area contributed by atoms with E-state index in [1.165, 1.54) is 30.8 Å². The van der Waals surface area contributed by atoms with E-state index in [9.17, 15) is 0 Å². The summed E-state index contributed by atoms with van der Waals surface area (Å²) in [5.74, 6) is 2.47. The molecule has 4 N–H and O–H groups in total. The van der Waals surface area contributed by atoms with Crippen LogP contribution in [0.3, 0.4) is 0 Å². The molecule has 0 aromatic rings. The summed E-state index contributed by atoms with van der Waals surface area (Å²) in [6, 6.07) is 0. The van der Waals surface area contributed by atoms with Crippen molar-refractivity contribution in [2.45, 2.75) is 33.1 Å². The molecule has 0 fully saturated rings. The summed E-state index contributed by atoms with van der Waals surface area (Å²) < 4.78 is 0. The minimum atomic E-state index is 1.08. The van der Waals surface area contributed by atoms with Gasteiger partial charge in [0.2, 0.25) is 0 Å². The lowest BCUT2D eigenvalue weighted by Crippen LogP contribution is -2.27. The fourth-order valence-electron chi connectivity index (χ4n) is 1.86. The Morgan fingerprint density at radius 1 is 0.600 bits per heavy atom. The summed E-state index contributed by atoms with van der Waals surface area (Å²) in [6.45, 7) is 13.4. The molecule has 0 amide bonds. The second kappa shape index (κ2) is 19.2. The minimum absolute atomic E-state index is 1.08. The van der Waals surface area contributed by atoms with Gasteiger partial charge in [-0.2, -0.15) is 11.8 Å². The number of thioether (sulfide) groups is 1. The molecule has 0 bridgehead atoms. The highest BCUT2D eigenvalue weighted by Crippen LogP contribution is 1.94. The number of hydrogen-bond acceptors (Lipinski definition) is 5. The quantitative estimate of drug-likeness (QED) is 0.305. The molecule has 0 aliphatic carbocycles. The lowest BCUT2D eigenvalue weighted by molar-refractivity contribution is 0.557. The van der Waals surface area contributed by atoms with Gasteiger partial charge in [-0.05, 0) is 70.8 Å². The molecule has 0 spiro atoms. The molecule has 4 nitrogen and oxygen atoms in total. The highest BCUT2D eigenvalue weighted by molar-refractivity contribution is 7.99. The monoisotopic (exact) mass is 304 g/mol. The van der Waals surface area contributed by atoms with Crippen LogP contribution in [0.5, 0.6) is 0 Å². The zero-order valence-electron chi connectivity index (χ0n) is 13.6. The van der Waals surface area contributed by atoms with E-state index in [1.807, 2.05) is 11.8 Å². The predicted octanol–water partition coefficient (Wildman–Crippen LogP) is 1.29. The molecule has 0 saturated carbocycles. The third kappa shape index (κ3) is 18.2. The molecule has 0 rings (SSSR count). The van der Waals surface area contributed by atoms with Gasteiger partial charge in [0.15, 0.2) is 0 Å². The molecule has 0 unspecified atom stereocenters. The molecule has 0 aliphatic heterocycles. The smallest absolute Gasteiger partial charge is 0.00579 e. The van der Waals surface area contributed by atoms with E-state index in [2.05, 4.69) is 35.1 Å². The van der Waals surface area contributed by atoms with Crippen LogP contribution in [-0.2, 0) is 0 Å². The Kier molecular flexibility index (Phi) is 19.4. The first-order valence-electron chi connectivity index (χ1n) is 8.32. The van der Waals surface area contributed by atoms with Crippen molar-refractivity contribution in [2.24, 2.45) is 0 Å². The van der Waals surface area contributed by atoms with Crippen molar-refractivity contribution in [3.05, 3.63) is 0 Å². The maximum absolute atomic E-state index is 3.50. The summed E-state index contributed by atoms with van der Waals surface area (Å²) in [4.78, 5) is 0. The van der Waals surface area contributed by atoms with E-state index in [4.69, 9.17) is 0 Å². The molecule has 122 valence electrons. The Hall–Kier alpha value is 0.190. The molecule has 0 saturated heterocycles. The Morgan fingerprint density at radius 3 is 1.50 bits per heavy atom. The van der Waals surface area contributed by atoms with E-state index in [1.54, 1.807) is 0 Å². The first-order chi connectivity index (χ1) is 9.91. The first kappa shape index (κ1) is 20.2. The fourth-order valence-corrected chi connectivity index (χ4v) is 2.43. The van der Waals surface area contributed by atoms with Crippen molar-refractivity contribution in [3.63, 3.8) is 0 Å². The Bertz CT molecular complexity index is 152. The van der Waals surface area contributed by atoms with Crippen molar-refractivity contribution in [1.29, 1.82) is 0 Å². The van der Waals surface area contributed by atoms with Gasteiger partial charge in [0.25, 0.3) is 0 Å². The topological polar surface area (TPSA) is 48.1 Å². The van der Waals surface area contributed by atoms with Crippen molar-refractivity contribution < 1.29 is 0 Å². The van der Waals surface area contributed by atoms with E-state index in [0.717, 1.165) is 52.4 Å². The third-order valence-corrected chi connectivity index (χ3v) is 3.90. The van der Waals surface area contributed by atoms with Gasteiger partial charge in [-0.3, -0.25) is 0 Å². The largest absolute Gasteiger partial charge is 0.317 e. The molecule has 0 heterocycles. The fraction of sp³-hybridized carbons (Fsp3) is 1.00. The summed E-state index contributed by atoms with van der Waals surface area (Å²) in [7, 11) is 0. The highest BCUT2D eigenvalue weighted by Gasteiger charge is 1.91. The minimum Gasteiger partial charge on any atom is -0.317 e. The lowest BCUT2D eigenvalue weighted by atomic mass is 10.3. The van der Waals surface area contributed by atoms with E-state index < -0.39 is 0 Å². The van der Waals surface area contributed by atoms with Gasteiger partial charge in [0.1, 0.15) is 0 Å². The van der Waals surface area contributed by atoms with Crippen molar-refractivity contribution in [2.75, 3.05) is 63.9 Å². The van der Waals surface area contributed by atoms with Crippen molar-refractivity contribution in [1.82, 2.24) is 21.3 Å². The van der Waals surface area contributed by atoms with E-state index in [-0.39, 0.29) is 0 Å². The average molecular weight is 305 g/mol. The van der Waals surface area contributed by atoms with Crippen LogP contribution >= 0.6 is 11.8 Å². The van der Waals surface area contributed by atoms with Crippen LogP contribution in [0.1, 0.15) is 33.1 Å². The van der Waals surface area contributed by atoms with Crippen LogP contribution in [0.15, 0.2) is 0 Å². The maximum Gasteiger partial charge on any atom is 0.00579 e. The molecular weight excluding hydrogens is 268 g/mol. The van der Waals surface area contributed by atoms with Gasteiger partial charge in [-0.15, -0.1) is 0 Å². The zero-order chi connectivity index (χ0) is 14.7. The van der Waals surface area contributed by atoms with Crippen LogP contribution in [0.25, 0.3) is 0 Å². The molecule has 5 heteroatoms. The SMILES string of the molecule is CCNCCCNCCCNCCCNCCSCC. The molecular formula is C15H36N4S. The summed E-state index contributed by atoms with van der Waals surface area (Å²) in [6.07, 6.45) is 3.68. The molecule has 0 aromatic heterocycles. The van der Waals surface area contributed by atoms with Crippen LogP contribution in [-0.4, -0.2) is 63.9 Å². The van der Waals surface area contributed by atoms with Crippen molar-refractivity contribution >= 4 is 11.8 Å². The van der Waals surface area contributed by atoms with Gasteiger partial charge < -0.3 is 21.3 Å². The van der Waals surface area contributed by atoms with Gasteiger partial charge in [-0.25, -0.2) is 0 Å². The lowest BCUT2D eigenvalue weighted by Gasteiger charge is -2.07. The first-order valence-corrected chi connectivity index (χ1v) is 9.47. The second-order valence-corrected chi connectivity index (χ2v) is 6.25. The van der Waals surface area contributed by atoms with Gasteiger partial charge in [0.05, 0.1) is 0 Å². The molecule has 0 aliphatic rings. The standard InChI is InChI=1S/C15H36N4S/c1-3-16-8-5-9-17-10-6-11-18-12-7-13-19-14-15-20-4-2/h16-19H,3-15H2,1-2H3. The summed E-state index contributed by atoms with van der Waals surface area (Å²) in [5.41, 5.74) is 0. The van der Waals surface area contributed by atoms with E-state index in [0.29, 0.717) is 0 Å². The van der Waals surface area contributed by atoms with Gasteiger partial charge in [0, 0.05) is 12.3 Å². The normalized spacial score (nSPS) is 11.1. The van der Waals surface area contributed by atoms with Gasteiger partial charge >= 0.3 is 0 Å². The molecule has 0 aromatic carbocycles. The Labute approximate surface area is 130 Å².